The lowest BCUT2D eigenvalue weighted by Crippen LogP contribution is -1.94. The third kappa shape index (κ3) is 3.19. The van der Waals surface area contributed by atoms with E-state index in [0.717, 1.165) is 29.8 Å². The molecule has 5 aromatic carbocycles. The Morgan fingerprint density at radius 3 is 1.92 bits per heavy atom. The Balaban J connectivity index is 1.45. The van der Waals surface area contributed by atoms with E-state index in [1.807, 2.05) is 11.3 Å². The summed E-state index contributed by atoms with van der Waals surface area (Å²) in [5.41, 5.74) is 4.53. The molecule has 7 aromatic rings. The molecule has 0 saturated carbocycles. The lowest BCUT2D eigenvalue weighted by molar-refractivity contribution is 1.04. The van der Waals surface area contributed by atoms with Gasteiger partial charge in [-0.2, -0.15) is 0 Å². The molecule has 0 N–H and O–H groups in total. The molecule has 0 fully saturated rings. The smallest absolute Gasteiger partial charge is 0.0884 e. The van der Waals surface area contributed by atoms with Crippen molar-refractivity contribution in [3.63, 3.8) is 0 Å². The number of rotatable bonds is 2. The van der Waals surface area contributed by atoms with Gasteiger partial charge in [-0.05, 0) is 68.9 Å². The number of hydrogen-bond acceptors (Lipinski definition) is 2. The van der Waals surface area contributed by atoms with Crippen molar-refractivity contribution in [3.8, 4) is 11.3 Å². The topological polar surface area (TPSA) is 12.9 Å². The van der Waals surface area contributed by atoms with Gasteiger partial charge in [0.15, 0.2) is 0 Å². The predicted molar refractivity (Wildman–Crippen MR) is 161 cm³/mol. The zero-order valence-electron chi connectivity index (χ0n) is 20.2. The molecule has 0 saturated heterocycles. The minimum absolute atomic E-state index is 1.03. The van der Waals surface area contributed by atoms with E-state index in [9.17, 15) is 0 Å². The summed E-state index contributed by atoms with van der Waals surface area (Å²) in [7, 11) is 0. The van der Waals surface area contributed by atoms with E-state index < -0.39 is 0 Å². The third-order valence-corrected chi connectivity index (χ3v) is 8.86. The van der Waals surface area contributed by atoms with E-state index in [1.165, 1.54) is 58.1 Å². The molecule has 1 aliphatic carbocycles. The molecule has 8 rings (SSSR count). The van der Waals surface area contributed by atoms with Crippen molar-refractivity contribution in [2.24, 2.45) is 0 Å². The first-order chi connectivity index (χ1) is 18.3. The van der Waals surface area contributed by atoms with Gasteiger partial charge in [-0.3, -0.25) is 0 Å². The van der Waals surface area contributed by atoms with Crippen LogP contribution in [-0.4, -0.2) is 4.98 Å². The van der Waals surface area contributed by atoms with Gasteiger partial charge in [-0.15, -0.1) is 11.3 Å². The number of pyridine rings is 1. The van der Waals surface area contributed by atoms with E-state index in [1.54, 1.807) is 0 Å². The van der Waals surface area contributed by atoms with Gasteiger partial charge in [-0.1, -0.05) is 97.1 Å². The van der Waals surface area contributed by atoms with Gasteiger partial charge in [0, 0.05) is 21.0 Å². The summed E-state index contributed by atoms with van der Waals surface area (Å²) >= 11 is 1.85. The van der Waals surface area contributed by atoms with E-state index in [0.29, 0.717) is 0 Å². The van der Waals surface area contributed by atoms with Gasteiger partial charge in [0.1, 0.15) is 0 Å². The van der Waals surface area contributed by atoms with Gasteiger partial charge < -0.3 is 0 Å². The van der Waals surface area contributed by atoms with Crippen LogP contribution in [0.3, 0.4) is 0 Å². The molecule has 174 valence electrons. The molecule has 2 heterocycles. The largest absolute Gasteiger partial charge is 0.246 e. The highest BCUT2D eigenvalue weighted by molar-refractivity contribution is 7.26. The average molecular weight is 490 g/mol. The predicted octanol–water partition coefficient (Wildman–Crippen LogP) is 10.3. The van der Waals surface area contributed by atoms with Crippen LogP contribution in [0, 0.1) is 0 Å². The highest BCUT2D eigenvalue weighted by atomic mass is 32.1. The molecule has 0 bridgehead atoms. The van der Waals surface area contributed by atoms with Gasteiger partial charge in [-0.25, -0.2) is 4.98 Å². The molecule has 0 unspecified atom stereocenters. The Bertz CT molecular complexity index is 2060. The second kappa shape index (κ2) is 8.12. The fraction of sp³-hybridized carbons (Fsp3) is 0.0571. The summed E-state index contributed by atoms with van der Waals surface area (Å²) in [6.45, 7) is 0. The number of aromatic nitrogens is 1. The van der Waals surface area contributed by atoms with Crippen molar-refractivity contribution in [3.05, 3.63) is 121 Å². The number of benzene rings is 5. The van der Waals surface area contributed by atoms with Crippen LogP contribution in [0.4, 0.5) is 0 Å². The molecule has 1 nitrogen and oxygen atoms in total. The Hall–Kier alpha value is -4.27. The lowest BCUT2D eigenvalue weighted by atomic mass is 9.92. The standard InChI is InChI=1S/C35H23NS/c1-2-10-22(11-3-1)34-35-31(29-16-8-9-17-33(29)37-35)21-32(36-34)23-18-19-28-26-14-5-4-12-24(26)25-13-6-7-15-27(25)30(28)20-23/h2,4-21H,1,3H2. The van der Waals surface area contributed by atoms with Crippen LogP contribution in [0.15, 0.2) is 115 Å². The monoisotopic (exact) mass is 489 g/mol. The quantitative estimate of drug-likeness (QED) is 0.220. The maximum atomic E-state index is 5.33. The van der Waals surface area contributed by atoms with Crippen LogP contribution in [0.5, 0.6) is 0 Å². The van der Waals surface area contributed by atoms with E-state index >= 15 is 0 Å². The fourth-order valence-electron chi connectivity index (χ4n) is 5.92. The number of nitrogens with zero attached hydrogens (tertiary/aromatic N) is 1. The molecule has 0 radical (unpaired) electrons. The number of hydrogen-bond donors (Lipinski definition) is 0. The third-order valence-electron chi connectivity index (χ3n) is 7.67. The second-order valence-electron chi connectivity index (χ2n) is 9.82. The van der Waals surface area contributed by atoms with Crippen LogP contribution in [0.2, 0.25) is 0 Å². The number of fused-ring (bicyclic) bond motifs is 9. The number of thiophene rings is 1. The molecule has 2 heteroatoms. The van der Waals surface area contributed by atoms with Crippen LogP contribution < -0.4 is 0 Å². The summed E-state index contributed by atoms with van der Waals surface area (Å²) in [5, 5.41) is 10.4. The Morgan fingerprint density at radius 1 is 0.568 bits per heavy atom. The normalized spacial score (nSPS) is 13.8. The van der Waals surface area contributed by atoms with Gasteiger partial charge >= 0.3 is 0 Å². The fourth-order valence-corrected chi connectivity index (χ4v) is 7.12. The van der Waals surface area contributed by atoms with Gasteiger partial charge in [0.05, 0.1) is 16.1 Å². The zero-order valence-corrected chi connectivity index (χ0v) is 21.1. The molecule has 1 aliphatic rings. The van der Waals surface area contributed by atoms with Crippen molar-refractivity contribution in [2.75, 3.05) is 0 Å². The summed E-state index contributed by atoms with van der Waals surface area (Å²) in [4.78, 5) is 5.33. The average Bonchev–Trinajstić information content (AvgIpc) is 3.36. The molecule has 37 heavy (non-hydrogen) atoms. The minimum atomic E-state index is 1.03. The van der Waals surface area contributed by atoms with Crippen molar-refractivity contribution in [1.82, 2.24) is 4.98 Å². The lowest BCUT2D eigenvalue weighted by Gasteiger charge is -2.13. The Kier molecular flexibility index (Phi) is 4.58. The van der Waals surface area contributed by atoms with Crippen molar-refractivity contribution in [1.29, 1.82) is 0 Å². The van der Waals surface area contributed by atoms with Crippen LogP contribution >= 0.6 is 11.3 Å². The summed E-state index contributed by atoms with van der Waals surface area (Å²) < 4.78 is 2.59. The molecule has 0 aliphatic heterocycles. The first kappa shape index (κ1) is 20.9. The van der Waals surface area contributed by atoms with Crippen LogP contribution in [0.25, 0.3) is 69.3 Å². The Labute approximate surface area is 219 Å². The van der Waals surface area contributed by atoms with E-state index in [-0.39, 0.29) is 0 Å². The molecule has 0 atom stereocenters. The first-order valence-electron chi connectivity index (χ1n) is 12.9. The zero-order chi connectivity index (χ0) is 24.3. The SMILES string of the molecule is C1=CC(c2nc(-c3ccc4c5ccccc5c5ccccc5c4c3)cc3c2sc2ccccc23)=CCC1. The maximum absolute atomic E-state index is 5.33. The second-order valence-corrected chi connectivity index (χ2v) is 10.9. The van der Waals surface area contributed by atoms with Gasteiger partial charge in [0.2, 0.25) is 0 Å². The molecular weight excluding hydrogens is 466 g/mol. The minimum Gasteiger partial charge on any atom is -0.246 e. The van der Waals surface area contributed by atoms with Crippen molar-refractivity contribution >= 4 is 69.4 Å². The summed E-state index contributed by atoms with van der Waals surface area (Å²) in [5.74, 6) is 0. The molecule has 2 aromatic heterocycles. The van der Waals surface area contributed by atoms with Crippen LogP contribution in [-0.2, 0) is 0 Å². The highest BCUT2D eigenvalue weighted by Gasteiger charge is 2.17. The Morgan fingerprint density at radius 2 is 1.22 bits per heavy atom. The molecule has 0 amide bonds. The number of allylic oxidation sites excluding steroid dienone is 4. The molecular formula is C35H23NS. The van der Waals surface area contributed by atoms with Gasteiger partial charge in [0.25, 0.3) is 0 Å². The van der Waals surface area contributed by atoms with Crippen molar-refractivity contribution < 1.29 is 0 Å². The van der Waals surface area contributed by atoms with E-state index in [2.05, 4.69) is 115 Å². The molecule has 0 spiro atoms. The first-order valence-corrected chi connectivity index (χ1v) is 13.7. The van der Waals surface area contributed by atoms with Crippen molar-refractivity contribution in [2.45, 2.75) is 12.8 Å². The summed E-state index contributed by atoms with van der Waals surface area (Å²) in [6, 6.07) is 35.4. The van der Waals surface area contributed by atoms with E-state index in [4.69, 9.17) is 4.98 Å². The highest BCUT2D eigenvalue weighted by Crippen LogP contribution is 2.42. The summed E-state index contributed by atoms with van der Waals surface area (Å²) in [6.07, 6.45) is 9.04. The van der Waals surface area contributed by atoms with Crippen LogP contribution in [0.1, 0.15) is 18.5 Å². The maximum Gasteiger partial charge on any atom is 0.0884 e.